The van der Waals surface area contributed by atoms with E-state index in [0.717, 1.165) is 37.8 Å². The molecule has 2 atom stereocenters. The number of benzene rings is 2. The standard InChI is InChI=1S/C32H39F4NO6/c1-41-24-17-14-22(15-18-24)26(38)12-3-2-4-13-29(39)37-25(11-7-10-21-8-5-6-9-21)30(40)23-16-19-27-28(20-23)43-32(35,36)31(33,34)42-27/h14-21,25,30,40H,2-13H2,1H3,(H,37,39). The van der Waals surface area contributed by atoms with Gasteiger partial charge in [-0.25, -0.2) is 0 Å². The average molecular weight is 610 g/mol. The number of methoxy groups -OCH3 is 1. The maximum absolute atomic E-state index is 13.7. The Labute approximate surface area is 248 Å². The van der Waals surface area contributed by atoms with E-state index in [-0.39, 0.29) is 23.7 Å². The molecule has 2 unspecified atom stereocenters. The van der Waals surface area contributed by atoms with Crippen molar-refractivity contribution < 1.29 is 46.5 Å². The van der Waals surface area contributed by atoms with Crippen LogP contribution in [0.2, 0.25) is 0 Å². The Morgan fingerprint density at radius 1 is 0.930 bits per heavy atom. The summed E-state index contributed by atoms with van der Waals surface area (Å²) in [4.78, 5) is 25.3. The number of fused-ring (bicyclic) bond motifs is 1. The number of alkyl halides is 4. The molecule has 2 aliphatic rings. The Morgan fingerprint density at radius 3 is 2.26 bits per heavy atom. The van der Waals surface area contributed by atoms with E-state index in [1.54, 1.807) is 31.4 Å². The van der Waals surface area contributed by atoms with Crippen molar-refractivity contribution in [1.29, 1.82) is 0 Å². The van der Waals surface area contributed by atoms with Crippen LogP contribution in [0.3, 0.4) is 0 Å². The van der Waals surface area contributed by atoms with Crippen LogP contribution in [0.15, 0.2) is 42.5 Å². The van der Waals surface area contributed by atoms with E-state index >= 15 is 0 Å². The van der Waals surface area contributed by atoms with E-state index in [4.69, 9.17) is 4.74 Å². The van der Waals surface area contributed by atoms with Crippen molar-refractivity contribution in [3.8, 4) is 17.2 Å². The lowest BCUT2D eigenvalue weighted by Crippen LogP contribution is -2.52. The fourth-order valence-corrected chi connectivity index (χ4v) is 5.68. The molecular weight excluding hydrogens is 570 g/mol. The van der Waals surface area contributed by atoms with Crippen LogP contribution in [0.25, 0.3) is 0 Å². The summed E-state index contributed by atoms with van der Waals surface area (Å²) in [6, 6.07) is 9.55. The summed E-state index contributed by atoms with van der Waals surface area (Å²) in [6.45, 7) is 0. The third-order valence-electron chi connectivity index (χ3n) is 8.17. The largest absolute Gasteiger partial charge is 0.507 e. The lowest BCUT2D eigenvalue weighted by atomic mass is 9.93. The molecule has 0 saturated heterocycles. The minimum Gasteiger partial charge on any atom is -0.497 e. The molecule has 1 aliphatic heterocycles. The number of unbranched alkanes of at least 4 members (excludes halogenated alkanes) is 2. The third-order valence-corrected chi connectivity index (χ3v) is 8.17. The first-order chi connectivity index (χ1) is 20.5. The van der Waals surface area contributed by atoms with Crippen molar-refractivity contribution in [3.05, 3.63) is 53.6 Å². The molecule has 1 amide bonds. The number of carbonyl (C=O) groups excluding carboxylic acids is 2. The minimum atomic E-state index is -4.88. The number of amides is 1. The van der Waals surface area contributed by atoms with Crippen molar-refractivity contribution in [2.45, 2.75) is 101 Å². The summed E-state index contributed by atoms with van der Waals surface area (Å²) >= 11 is 0. The molecule has 43 heavy (non-hydrogen) atoms. The fourth-order valence-electron chi connectivity index (χ4n) is 5.68. The van der Waals surface area contributed by atoms with Crippen molar-refractivity contribution >= 4 is 11.7 Å². The second kappa shape index (κ2) is 14.4. The monoisotopic (exact) mass is 609 g/mol. The fraction of sp³-hybridized carbons (Fsp3) is 0.562. The highest BCUT2D eigenvalue weighted by Gasteiger charge is 2.66. The van der Waals surface area contributed by atoms with Gasteiger partial charge in [-0.05, 0) is 67.1 Å². The zero-order valence-corrected chi connectivity index (χ0v) is 24.3. The lowest BCUT2D eigenvalue weighted by molar-refractivity contribution is -0.391. The second-order valence-electron chi connectivity index (χ2n) is 11.4. The number of ether oxygens (including phenoxy) is 3. The first-order valence-corrected chi connectivity index (χ1v) is 14.9. The maximum atomic E-state index is 13.7. The molecule has 0 bridgehead atoms. The molecule has 11 heteroatoms. The summed E-state index contributed by atoms with van der Waals surface area (Å²) in [5.74, 6) is -0.183. The first kappa shape index (κ1) is 32.6. The van der Waals surface area contributed by atoms with Crippen molar-refractivity contribution in [1.82, 2.24) is 5.32 Å². The van der Waals surface area contributed by atoms with E-state index in [2.05, 4.69) is 14.8 Å². The molecule has 2 aromatic rings. The molecular formula is C32H39F4NO6. The number of aliphatic hydroxyl groups excluding tert-OH is 1. The van der Waals surface area contributed by atoms with Gasteiger partial charge in [0.1, 0.15) is 5.75 Å². The molecule has 7 nitrogen and oxygen atoms in total. The topological polar surface area (TPSA) is 94.1 Å². The van der Waals surface area contributed by atoms with E-state index < -0.39 is 35.9 Å². The summed E-state index contributed by atoms with van der Waals surface area (Å²) in [6.07, 6.45) is -1.81. The van der Waals surface area contributed by atoms with Gasteiger partial charge in [0.05, 0.1) is 19.3 Å². The summed E-state index contributed by atoms with van der Waals surface area (Å²) in [5, 5.41) is 14.1. The molecule has 0 aromatic heterocycles. The van der Waals surface area contributed by atoms with Crippen LogP contribution in [-0.2, 0) is 4.79 Å². The van der Waals surface area contributed by atoms with Crippen molar-refractivity contribution in [2.24, 2.45) is 5.92 Å². The van der Waals surface area contributed by atoms with Crippen LogP contribution < -0.4 is 19.5 Å². The molecule has 236 valence electrons. The Bertz CT molecular complexity index is 1230. The Morgan fingerprint density at radius 2 is 1.58 bits per heavy atom. The molecule has 0 spiro atoms. The summed E-state index contributed by atoms with van der Waals surface area (Å²) in [5.41, 5.74) is 0.733. The smallest absolute Gasteiger partial charge is 0.497 e. The highest BCUT2D eigenvalue weighted by Crippen LogP contribution is 2.47. The van der Waals surface area contributed by atoms with Crippen molar-refractivity contribution in [2.75, 3.05) is 7.11 Å². The highest BCUT2D eigenvalue weighted by molar-refractivity contribution is 5.96. The molecule has 0 radical (unpaired) electrons. The van der Waals surface area contributed by atoms with Crippen LogP contribution in [0, 0.1) is 5.92 Å². The van der Waals surface area contributed by atoms with Crippen LogP contribution in [0.5, 0.6) is 17.2 Å². The maximum Gasteiger partial charge on any atom is 0.507 e. The minimum absolute atomic E-state index is 0.0125. The van der Waals surface area contributed by atoms with Gasteiger partial charge in [-0.2, -0.15) is 17.6 Å². The zero-order valence-electron chi connectivity index (χ0n) is 24.3. The van der Waals surface area contributed by atoms with Crippen LogP contribution in [-0.4, -0.2) is 42.2 Å². The lowest BCUT2D eigenvalue weighted by Gasteiger charge is -2.32. The van der Waals surface area contributed by atoms with Gasteiger partial charge in [-0.3, -0.25) is 9.59 Å². The summed E-state index contributed by atoms with van der Waals surface area (Å²) in [7, 11) is 1.56. The predicted octanol–water partition coefficient (Wildman–Crippen LogP) is 7.36. The van der Waals surface area contributed by atoms with Crippen molar-refractivity contribution in [3.63, 3.8) is 0 Å². The normalized spacial score (nSPS) is 18.6. The van der Waals surface area contributed by atoms with Gasteiger partial charge in [0.2, 0.25) is 5.91 Å². The highest BCUT2D eigenvalue weighted by atomic mass is 19.3. The van der Waals surface area contributed by atoms with Crippen LogP contribution >= 0.6 is 0 Å². The van der Waals surface area contributed by atoms with Gasteiger partial charge in [0.15, 0.2) is 17.3 Å². The molecule has 1 heterocycles. The number of hydrogen-bond acceptors (Lipinski definition) is 6. The number of nitrogens with one attached hydrogen (secondary N) is 1. The van der Waals surface area contributed by atoms with Gasteiger partial charge >= 0.3 is 12.2 Å². The molecule has 2 N–H and O–H groups in total. The van der Waals surface area contributed by atoms with Gasteiger partial charge in [-0.1, -0.05) is 51.0 Å². The Kier molecular flexibility index (Phi) is 10.9. The molecule has 1 fully saturated rings. The third kappa shape index (κ3) is 8.61. The van der Waals surface area contributed by atoms with E-state index in [1.165, 1.54) is 18.9 Å². The summed E-state index contributed by atoms with van der Waals surface area (Å²) < 4.78 is 68.0. The average Bonchev–Trinajstić information content (AvgIpc) is 3.49. The predicted molar refractivity (Wildman–Crippen MR) is 151 cm³/mol. The molecule has 2 aromatic carbocycles. The number of rotatable bonds is 15. The van der Waals surface area contributed by atoms with Gasteiger partial charge < -0.3 is 24.6 Å². The number of aliphatic hydroxyl groups is 1. The van der Waals surface area contributed by atoms with E-state index in [1.807, 2.05) is 0 Å². The SMILES string of the molecule is COc1ccc(C(=O)CCCCCC(=O)NC(CCCC2CCCC2)C(O)c2ccc3c(c2)OC(F)(F)C(F)(F)O3)cc1. The van der Waals surface area contributed by atoms with Gasteiger partial charge in [0, 0.05) is 18.4 Å². The zero-order chi connectivity index (χ0) is 31.0. The van der Waals surface area contributed by atoms with Gasteiger partial charge in [-0.15, -0.1) is 0 Å². The molecule has 1 aliphatic carbocycles. The number of carbonyl (C=O) groups is 2. The quantitative estimate of drug-likeness (QED) is 0.125. The van der Waals surface area contributed by atoms with E-state index in [0.29, 0.717) is 49.3 Å². The number of ketones is 1. The van der Waals surface area contributed by atoms with Crippen LogP contribution in [0.1, 0.15) is 99.1 Å². The van der Waals surface area contributed by atoms with Crippen LogP contribution in [0.4, 0.5) is 17.6 Å². The number of halogens is 4. The molecule has 4 rings (SSSR count). The van der Waals surface area contributed by atoms with Gasteiger partial charge in [0.25, 0.3) is 0 Å². The number of Topliss-reactive ketones (excluding diaryl/α,β-unsaturated/α-hetero) is 1. The van der Waals surface area contributed by atoms with E-state index in [9.17, 15) is 32.3 Å². The first-order valence-electron chi connectivity index (χ1n) is 14.9. The second-order valence-corrected chi connectivity index (χ2v) is 11.4. The number of hydrogen-bond donors (Lipinski definition) is 2. The molecule has 1 saturated carbocycles. The Hall–Kier alpha value is -3.34. The Balaban J connectivity index is 1.31.